The second-order valence-electron chi connectivity index (χ2n) is 4.39. The molecule has 0 aliphatic heterocycles. The van der Waals surface area contributed by atoms with Gasteiger partial charge in [-0.1, -0.05) is 0 Å². The van der Waals surface area contributed by atoms with Gasteiger partial charge in [0.1, 0.15) is 6.54 Å². The Kier molecular flexibility index (Phi) is 5.76. The molecule has 0 bridgehead atoms. The van der Waals surface area contributed by atoms with Crippen molar-refractivity contribution in [3.63, 3.8) is 0 Å². The third kappa shape index (κ3) is 3.34. The van der Waals surface area contributed by atoms with Crippen molar-refractivity contribution >= 4 is 16.0 Å². The molecular formula is C8H6F11NO4S. The normalized spacial score (nSPS) is 15.6. The third-order valence-electron chi connectivity index (χ3n) is 2.60. The molecule has 0 atom stereocenters. The molecule has 0 heterocycles. The molecule has 0 unspecified atom stereocenters. The number of hydrogen-bond acceptors (Lipinski definition) is 3. The summed E-state index contributed by atoms with van der Waals surface area (Å²) in [6, 6.07) is 0. The first-order valence-electron chi connectivity index (χ1n) is 5.34. The molecule has 17 heteroatoms. The molecule has 25 heavy (non-hydrogen) atoms. The molecular weight excluding hydrogens is 415 g/mol. The maximum absolute atomic E-state index is 13.3. The van der Waals surface area contributed by atoms with Gasteiger partial charge in [0.15, 0.2) is 0 Å². The highest BCUT2D eigenvalue weighted by atomic mass is 32.2. The Morgan fingerprint density at radius 1 is 0.840 bits per heavy atom. The largest absolute Gasteiger partial charge is 0.480 e. The lowest BCUT2D eigenvalue weighted by Gasteiger charge is -2.37. The van der Waals surface area contributed by atoms with E-state index < -0.39 is 56.0 Å². The summed E-state index contributed by atoms with van der Waals surface area (Å²) in [5, 5.41) is 0.936. The van der Waals surface area contributed by atoms with Crippen molar-refractivity contribution < 1.29 is 66.6 Å². The molecule has 0 aliphatic rings. The fourth-order valence-corrected chi connectivity index (χ4v) is 2.32. The molecule has 5 nitrogen and oxygen atoms in total. The van der Waals surface area contributed by atoms with Gasteiger partial charge < -0.3 is 5.11 Å². The lowest BCUT2D eigenvalue weighted by Crippen LogP contribution is -2.69. The smallest absolute Gasteiger partial charge is 0.460 e. The number of rotatable bonds is 7. The van der Waals surface area contributed by atoms with Crippen molar-refractivity contribution in [2.75, 3.05) is 13.6 Å². The number of hydrogen-bond donors (Lipinski definition) is 1. The summed E-state index contributed by atoms with van der Waals surface area (Å²) in [5.74, 6) is -25.7. The van der Waals surface area contributed by atoms with Gasteiger partial charge >= 0.3 is 35.2 Å². The Morgan fingerprint density at radius 3 is 1.48 bits per heavy atom. The number of aliphatic carboxylic acids is 1. The van der Waals surface area contributed by atoms with E-state index in [1.54, 1.807) is 0 Å². The monoisotopic (exact) mass is 421 g/mol. The molecule has 0 aromatic carbocycles. The number of sulfonamides is 1. The Hall–Kier alpha value is -1.39. The SMILES string of the molecule is CN(CC(=O)O)S(=O)(=O)C(F)(F)C(F)(F)C(F)(F)C(F)(F)C(F)(F)F. The minimum atomic E-state index is -7.90. The van der Waals surface area contributed by atoms with Crippen molar-refractivity contribution in [3.05, 3.63) is 0 Å². The Bertz CT molecular complexity index is 626. The summed E-state index contributed by atoms with van der Waals surface area (Å²) < 4.78 is 161. The quantitative estimate of drug-likeness (QED) is 0.641. The minimum Gasteiger partial charge on any atom is -0.480 e. The van der Waals surface area contributed by atoms with Crippen LogP contribution in [-0.4, -0.2) is 66.6 Å². The molecule has 0 amide bonds. The first kappa shape index (κ1) is 23.6. The summed E-state index contributed by atoms with van der Waals surface area (Å²) in [4.78, 5) is 10.2. The predicted octanol–water partition coefficient (Wildman–Crippen LogP) is 2.39. The zero-order valence-electron chi connectivity index (χ0n) is 11.4. The molecule has 0 aliphatic carbocycles. The number of carboxylic acid groups (broad SMARTS) is 1. The first-order chi connectivity index (χ1) is 10.6. The van der Waals surface area contributed by atoms with E-state index in [0.29, 0.717) is 0 Å². The van der Waals surface area contributed by atoms with E-state index >= 15 is 0 Å². The summed E-state index contributed by atoms with van der Waals surface area (Å²) >= 11 is 0. The van der Waals surface area contributed by atoms with Crippen LogP contribution in [0.1, 0.15) is 0 Å². The first-order valence-corrected chi connectivity index (χ1v) is 6.78. The van der Waals surface area contributed by atoms with Crippen molar-refractivity contribution in [1.82, 2.24) is 4.31 Å². The lowest BCUT2D eigenvalue weighted by atomic mass is 10.0. The molecule has 1 N–H and O–H groups in total. The van der Waals surface area contributed by atoms with E-state index in [1.807, 2.05) is 0 Å². The van der Waals surface area contributed by atoms with Crippen molar-refractivity contribution in [3.8, 4) is 0 Å². The highest BCUT2D eigenvalue weighted by Gasteiger charge is 2.89. The van der Waals surface area contributed by atoms with Crippen LogP contribution in [0.25, 0.3) is 0 Å². The van der Waals surface area contributed by atoms with Crippen LogP contribution in [0.3, 0.4) is 0 Å². The number of likely N-dealkylation sites (N-methyl/N-ethyl adjacent to an activating group) is 1. The molecule has 0 rings (SSSR count). The fourth-order valence-electron chi connectivity index (χ4n) is 1.19. The van der Waals surface area contributed by atoms with Gasteiger partial charge in [-0.2, -0.15) is 52.6 Å². The van der Waals surface area contributed by atoms with Crippen LogP contribution < -0.4 is 0 Å². The van der Waals surface area contributed by atoms with Gasteiger partial charge in [-0.05, 0) is 0 Å². The minimum absolute atomic E-state index is 0.131. The molecule has 150 valence electrons. The topological polar surface area (TPSA) is 74.7 Å². The van der Waals surface area contributed by atoms with Gasteiger partial charge in [-0.3, -0.25) is 4.79 Å². The highest BCUT2D eigenvalue weighted by Crippen LogP contribution is 2.58. The zero-order valence-corrected chi connectivity index (χ0v) is 12.2. The van der Waals surface area contributed by atoms with Crippen LogP contribution >= 0.6 is 0 Å². The van der Waals surface area contributed by atoms with Gasteiger partial charge in [0.2, 0.25) is 0 Å². The molecule has 0 aromatic rings. The highest BCUT2D eigenvalue weighted by molar-refractivity contribution is 7.90. The molecule has 0 fully saturated rings. The Labute approximate surface area is 131 Å². The molecule has 0 saturated heterocycles. The average molecular weight is 421 g/mol. The second-order valence-corrected chi connectivity index (χ2v) is 6.48. The number of halogens is 11. The molecule has 0 aromatic heterocycles. The van der Waals surface area contributed by atoms with Gasteiger partial charge in [0.25, 0.3) is 10.0 Å². The van der Waals surface area contributed by atoms with E-state index in [-0.39, 0.29) is 7.05 Å². The Morgan fingerprint density at radius 2 is 1.20 bits per heavy atom. The van der Waals surface area contributed by atoms with Crippen molar-refractivity contribution in [1.29, 1.82) is 0 Å². The van der Waals surface area contributed by atoms with Crippen LogP contribution in [0.15, 0.2) is 0 Å². The van der Waals surface area contributed by atoms with Gasteiger partial charge in [0, 0.05) is 7.05 Å². The number of nitrogens with zero attached hydrogens (tertiary/aromatic N) is 1. The average Bonchev–Trinajstić information content (AvgIpc) is 2.35. The third-order valence-corrected chi connectivity index (χ3v) is 4.46. The number of carboxylic acids is 1. The summed E-state index contributed by atoms with van der Waals surface area (Å²) in [6.45, 7) is -2.00. The number of carbonyl (C=O) groups is 1. The fraction of sp³-hybridized carbons (Fsp3) is 0.875. The van der Waals surface area contributed by atoms with E-state index in [0.717, 1.165) is 0 Å². The van der Waals surface area contributed by atoms with Crippen molar-refractivity contribution in [2.24, 2.45) is 0 Å². The summed E-state index contributed by atoms with van der Waals surface area (Å²) in [5.41, 5.74) is 0. The zero-order chi connectivity index (χ0) is 20.9. The Balaban J connectivity index is 6.35. The summed E-state index contributed by atoms with van der Waals surface area (Å²) in [7, 11) is -7.22. The maximum Gasteiger partial charge on any atom is 0.460 e. The van der Waals surface area contributed by atoms with Crippen molar-refractivity contribution in [2.45, 2.75) is 29.2 Å². The van der Waals surface area contributed by atoms with Crippen LogP contribution in [-0.2, 0) is 14.8 Å². The predicted molar refractivity (Wildman–Crippen MR) is 55.0 cm³/mol. The standard InChI is InChI=1S/C8H6F11NO4S/c1-20(2-3(21)22)25(23,24)8(18,19)6(13,14)4(9,10)5(11,12)7(15,16)17/h2H2,1H3,(H,21,22). The van der Waals surface area contributed by atoms with Crippen LogP contribution in [0.2, 0.25) is 0 Å². The van der Waals surface area contributed by atoms with Crippen LogP contribution in [0.5, 0.6) is 0 Å². The maximum atomic E-state index is 13.3. The molecule has 0 spiro atoms. The second kappa shape index (κ2) is 6.10. The van der Waals surface area contributed by atoms with Crippen LogP contribution in [0, 0.1) is 0 Å². The van der Waals surface area contributed by atoms with E-state index in [1.165, 1.54) is 0 Å². The van der Waals surface area contributed by atoms with Gasteiger partial charge in [-0.25, -0.2) is 8.42 Å². The molecule has 0 radical (unpaired) electrons. The number of alkyl halides is 11. The van der Waals surface area contributed by atoms with Gasteiger partial charge in [0.05, 0.1) is 0 Å². The van der Waals surface area contributed by atoms with E-state index in [4.69, 9.17) is 5.11 Å². The lowest BCUT2D eigenvalue weighted by molar-refractivity contribution is -0.413. The summed E-state index contributed by atoms with van der Waals surface area (Å²) in [6.07, 6.45) is -7.44. The van der Waals surface area contributed by atoms with E-state index in [9.17, 15) is 61.5 Å². The molecule has 0 saturated carbocycles. The van der Waals surface area contributed by atoms with E-state index in [2.05, 4.69) is 0 Å². The van der Waals surface area contributed by atoms with Crippen LogP contribution in [0.4, 0.5) is 48.3 Å². The van der Waals surface area contributed by atoms with Gasteiger partial charge in [-0.15, -0.1) is 0 Å².